The van der Waals surface area contributed by atoms with Crippen LogP contribution < -0.4 is 5.73 Å². The van der Waals surface area contributed by atoms with Crippen molar-refractivity contribution < 1.29 is 0 Å². The van der Waals surface area contributed by atoms with E-state index in [1.54, 1.807) is 0 Å². The number of nitrogens with zero attached hydrogens (tertiary/aromatic N) is 1. The van der Waals surface area contributed by atoms with Crippen LogP contribution >= 0.6 is 11.3 Å². The molecule has 1 unspecified atom stereocenters. The highest BCUT2D eigenvalue weighted by Crippen LogP contribution is 2.15. The zero-order valence-electron chi connectivity index (χ0n) is 11.5. The summed E-state index contributed by atoms with van der Waals surface area (Å²) in [5.41, 5.74) is 6.20. The van der Waals surface area contributed by atoms with E-state index in [0.717, 1.165) is 19.5 Å². The first-order chi connectivity index (χ1) is 7.99. The second kappa shape index (κ2) is 7.14. The van der Waals surface area contributed by atoms with E-state index < -0.39 is 0 Å². The molecule has 1 aromatic heterocycles. The molecule has 0 aliphatic rings. The fourth-order valence-electron chi connectivity index (χ4n) is 2.04. The van der Waals surface area contributed by atoms with Crippen LogP contribution in [0.3, 0.4) is 0 Å². The molecule has 1 rings (SSSR count). The SMILES string of the molecule is CC(C)CC(N)CN(Cc1cccs1)C(C)C. The summed E-state index contributed by atoms with van der Waals surface area (Å²) in [5, 5.41) is 2.14. The third-order valence-electron chi connectivity index (χ3n) is 2.91. The lowest BCUT2D eigenvalue weighted by Gasteiger charge is -2.29. The number of hydrogen-bond donors (Lipinski definition) is 1. The molecule has 3 heteroatoms. The van der Waals surface area contributed by atoms with E-state index in [0.29, 0.717) is 12.0 Å². The fraction of sp³-hybridized carbons (Fsp3) is 0.714. The Morgan fingerprint density at radius 2 is 2.00 bits per heavy atom. The van der Waals surface area contributed by atoms with Crippen LogP contribution in [0.5, 0.6) is 0 Å². The predicted molar refractivity (Wildman–Crippen MR) is 77.3 cm³/mol. The van der Waals surface area contributed by atoms with E-state index in [9.17, 15) is 0 Å². The summed E-state index contributed by atoms with van der Waals surface area (Å²) in [6.45, 7) is 11.0. The summed E-state index contributed by atoms with van der Waals surface area (Å²) >= 11 is 1.83. The van der Waals surface area contributed by atoms with Gasteiger partial charge in [0, 0.05) is 30.1 Å². The molecule has 17 heavy (non-hydrogen) atoms. The first-order valence-electron chi connectivity index (χ1n) is 6.51. The van der Waals surface area contributed by atoms with E-state index in [4.69, 9.17) is 5.73 Å². The lowest BCUT2D eigenvalue weighted by molar-refractivity contribution is 0.194. The van der Waals surface area contributed by atoms with Gasteiger partial charge in [0.25, 0.3) is 0 Å². The third-order valence-corrected chi connectivity index (χ3v) is 3.77. The molecular weight excluding hydrogens is 228 g/mol. The van der Waals surface area contributed by atoms with Crippen molar-refractivity contribution in [3.05, 3.63) is 22.4 Å². The van der Waals surface area contributed by atoms with Crippen LogP contribution in [-0.4, -0.2) is 23.5 Å². The Bertz CT molecular complexity index is 293. The maximum absolute atomic E-state index is 6.20. The lowest BCUT2D eigenvalue weighted by atomic mass is 10.0. The molecule has 0 amide bonds. The fourth-order valence-corrected chi connectivity index (χ4v) is 2.77. The van der Waals surface area contributed by atoms with Crippen LogP contribution in [0.15, 0.2) is 17.5 Å². The van der Waals surface area contributed by atoms with Gasteiger partial charge in [-0.25, -0.2) is 0 Å². The van der Waals surface area contributed by atoms with Crippen molar-refractivity contribution in [2.24, 2.45) is 11.7 Å². The van der Waals surface area contributed by atoms with Crippen LogP contribution in [0.2, 0.25) is 0 Å². The maximum atomic E-state index is 6.20. The molecule has 98 valence electrons. The van der Waals surface area contributed by atoms with Gasteiger partial charge in [0.1, 0.15) is 0 Å². The number of thiophene rings is 1. The summed E-state index contributed by atoms with van der Waals surface area (Å²) < 4.78 is 0. The summed E-state index contributed by atoms with van der Waals surface area (Å²) in [6, 6.07) is 5.16. The van der Waals surface area contributed by atoms with Gasteiger partial charge in [0.05, 0.1) is 0 Å². The van der Waals surface area contributed by atoms with Gasteiger partial charge in [-0.1, -0.05) is 19.9 Å². The molecule has 0 saturated heterocycles. The van der Waals surface area contributed by atoms with E-state index >= 15 is 0 Å². The first kappa shape index (κ1) is 14.7. The van der Waals surface area contributed by atoms with Crippen molar-refractivity contribution >= 4 is 11.3 Å². The first-order valence-corrected chi connectivity index (χ1v) is 7.39. The van der Waals surface area contributed by atoms with E-state index in [1.807, 2.05) is 11.3 Å². The third kappa shape index (κ3) is 5.66. The average molecular weight is 254 g/mol. The minimum absolute atomic E-state index is 0.289. The molecule has 0 aliphatic carbocycles. The summed E-state index contributed by atoms with van der Waals surface area (Å²) in [6.07, 6.45) is 1.10. The molecule has 1 aromatic rings. The molecule has 0 aliphatic heterocycles. The molecule has 0 bridgehead atoms. The molecule has 2 nitrogen and oxygen atoms in total. The highest BCUT2D eigenvalue weighted by molar-refractivity contribution is 7.09. The van der Waals surface area contributed by atoms with Gasteiger partial charge >= 0.3 is 0 Å². The second-order valence-corrected chi connectivity index (χ2v) is 6.52. The predicted octanol–water partition coefficient (Wildman–Crippen LogP) is 3.33. The van der Waals surface area contributed by atoms with Gasteiger partial charge < -0.3 is 5.73 Å². The van der Waals surface area contributed by atoms with E-state index in [-0.39, 0.29) is 6.04 Å². The number of rotatable bonds is 7. The molecule has 0 aromatic carbocycles. The van der Waals surface area contributed by atoms with Crippen LogP contribution in [0.25, 0.3) is 0 Å². The number of nitrogens with two attached hydrogens (primary N) is 1. The highest BCUT2D eigenvalue weighted by atomic mass is 32.1. The molecule has 0 saturated carbocycles. The normalized spacial score (nSPS) is 13.9. The summed E-state index contributed by atoms with van der Waals surface area (Å²) in [5.74, 6) is 0.681. The van der Waals surface area contributed by atoms with Crippen LogP contribution in [-0.2, 0) is 6.54 Å². The largest absolute Gasteiger partial charge is 0.327 e. The van der Waals surface area contributed by atoms with Crippen molar-refractivity contribution in [1.82, 2.24) is 4.90 Å². The minimum Gasteiger partial charge on any atom is -0.327 e. The smallest absolute Gasteiger partial charge is 0.0331 e. The zero-order valence-corrected chi connectivity index (χ0v) is 12.3. The van der Waals surface area contributed by atoms with Crippen LogP contribution in [0.1, 0.15) is 39.0 Å². The topological polar surface area (TPSA) is 29.3 Å². The van der Waals surface area contributed by atoms with Gasteiger partial charge in [-0.05, 0) is 37.6 Å². The second-order valence-electron chi connectivity index (χ2n) is 5.49. The molecule has 0 radical (unpaired) electrons. The Morgan fingerprint density at radius 1 is 1.29 bits per heavy atom. The van der Waals surface area contributed by atoms with E-state index in [2.05, 4.69) is 50.1 Å². The quantitative estimate of drug-likeness (QED) is 0.808. The Hall–Kier alpha value is -0.380. The molecule has 1 heterocycles. The van der Waals surface area contributed by atoms with Crippen molar-refractivity contribution in [2.75, 3.05) is 6.54 Å². The summed E-state index contributed by atoms with van der Waals surface area (Å²) in [7, 11) is 0. The molecule has 0 fully saturated rings. The van der Waals surface area contributed by atoms with Gasteiger partial charge in [0.15, 0.2) is 0 Å². The number of hydrogen-bond acceptors (Lipinski definition) is 3. The average Bonchev–Trinajstić information content (AvgIpc) is 2.67. The molecule has 1 atom stereocenters. The van der Waals surface area contributed by atoms with Crippen LogP contribution in [0.4, 0.5) is 0 Å². The van der Waals surface area contributed by atoms with E-state index in [1.165, 1.54) is 4.88 Å². The Kier molecular flexibility index (Phi) is 6.17. The minimum atomic E-state index is 0.289. The Labute approximate surface area is 110 Å². The van der Waals surface area contributed by atoms with Crippen molar-refractivity contribution in [2.45, 2.75) is 52.7 Å². The van der Waals surface area contributed by atoms with Gasteiger partial charge in [0.2, 0.25) is 0 Å². The molecule has 0 spiro atoms. The van der Waals surface area contributed by atoms with Gasteiger partial charge in [-0.2, -0.15) is 0 Å². The maximum Gasteiger partial charge on any atom is 0.0331 e. The molecule has 2 N–H and O–H groups in total. The summed E-state index contributed by atoms with van der Waals surface area (Å²) in [4.78, 5) is 3.90. The Balaban J connectivity index is 2.48. The monoisotopic (exact) mass is 254 g/mol. The van der Waals surface area contributed by atoms with Gasteiger partial charge in [-0.15, -0.1) is 11.3 Å². The van der Waals surface area contributed by atoms with Crippen molar-refractivity contribution in [3.63, 3.8) is 0 Å². The standard InChI is InChI=1S/C14H26N2S/c1-11(2)8-13(15)9-16(12(3)4)10-14-6-5-7-17-14/h5-7,11-13H,8-10,15H2,1-4H3. The van der Waals surface area contributed by atoms with Crippen molar-refractivity contribution in [1.29, 1.82) is 0 Å². The Morgan fingerprint density at radius 3 is 2.47 bits per heavy atom. The van der Waals surface area contributed by atoms with Gasteiger partial charge in [-0.3, -0.25) is 4.90 Å². The zero-order chi connectivity index (χ0) is 12.8. The lowest BCUT2D eigenvalue weighted by Crippen LogP contribution is -2.41. The molecular formula is C14H26N2S. The van der Waals surface area contributed by atoms with Crippen molar-refractivity contribution in [3.8, 4) is 0 Å². The van der Waals surface area contributed by atoms with Crippen LogP contribution in [0, 0.1) is 5.92 Å². The highest BCUT2D eigenvalue weighted by Gasteiger charge is 2.15.